The number of nitro groups is 1. The Morgan fingerprint density at radius 2 is 1.65 bits per heavy atom. The molecule has 8 heteroatoms. The van der Waals surface area contributed by atoms with Gasteiger partial charge in [0, 0.05) is 23.8 Å². The van der Waals surface area contributed by atoms with Crippen LogP contribution in [0.1, 0.15) is 10.4 Å². The molecule has 0 bridgehead atoms. The first kappa shape index (κ1) is 17.0. The van der Waals surface area contributed by atoms with Gasteiger partial charge in [-0.2, -0.15) is 0 Å². The molecule has 0 unspecified atom stereocenters. The van der Waals surface area contributed by atoms with Crippen LogP contribution in [0.3, 0.4) is 0 Å². The van der Waals surface area contributed by atoms with Gasteiger partial charge in [-0.15, -0.1) is 10.2 Å². The van der Waals surface area contributed by atoms with Gasteiger partial charge >= 0.3 is 5.97 Å². The number of hydrogen-bond acceptors (Lipinski definition) is 7. The van der Waals surface area contributed by atoms with Gasteiger partial charge in [0.25, 0.3) is 5.69 Å². The molecule has 0 saturated heterocycles. The molecule has 0 aliphatic carbocycles. The fourth-order valence-electron chi connectivity index (χ4n) is 2.16. The highest BCUT2D eigenvalue weighted by atomic mass is 16.6. The van der Waals surface area contributed by atoms with Crippen molar-refractivity contribution in [3.05, 3.63) is 76.3 Å². The number of hydrogen-bond donors (Lipinski definition) is 0. The zero-order valence-corrected chi connectivity index (χ0v) is 13.7. The van der Waals surface area contributed by atoms with Crippen LogP contribution in [0.2, 0.25) is 0 Å². The number of nitro benzene ring substituents is 1. The summed E-state index contributed by atoms with van der Waals surface area (Å²) in [6, 6.07) is 15.6. The zero-order chi connectivity index (χ0) is 18.5. The van der Waals surface area contributed by atoms with E-state index in [0.717, 1.165) is 11.3 Å². The first-order chi connectivity index (χ1) is 12.6. The van der Waals surface area contributed by atoms with E-state index in [9.17, 15) is 14.9 Å². The normalized spacial score (nSPS) is 10.2. The van der Waals surface area contributed by atoms with Crippen LogP contribution in [-0.2, 0) is 0 Å². The van der Waals surface area contributed by atoms with Crippen LogP contribution in [0, 0.1) is 10.1 Å². The molecule has 3 rings (SSSR count). The van der Waals surface area contributed by atoms with E-state index >= 15 is 0 Å². The number of nitrogens with zero attached hydrogens (tertiary/aromatic N) is 3. The number of benzene rings is 2. The highest BCUT2D eigenvalue weighted by Gasteiger charge is 2.12. The molecule has 0 spiro atoms. The summed E-state index contributed by atoms with van der Waals surface area (Å²) in [6.45, 7) is 0. The van der Waals surface area contributed by atoms with E-state index < -0.39 is 10.9 Å². The molecule has 1 heterocycles. The summed E-state index contributed by atoms with van der Waals surface area (Å²) in [5, 5.41) is 18.5. The van der Waals surface area contributed by atoms with Gasteiger partial charge in [0.2, 0.25) is 5.88 Å². The molecule has 2 aromatic carbocycles. The summed E-state index contributed by atoms with van der Waals surface area (Å²) in [6.07, 6.45) is 0. The first-order valence-electron chi connectivity index (χ1n) is 7.51. The highest BCUT2D eigenvalue weighted by Crippen LogP contribution is 2.21. The van der Waals surface area contributed by atoms with Crippen molar-refractivity contribution < 1.29 is 19.2 Å². The molecular formula is C18H13N3O5. The van der Waals surface area contributed by atoms with Crippen molar-refractivity contribution in [3.8, 4) is 22.9 Å². The third-order valence-corrected chi connectivity index (χ3v) is 3.54. The predicted molar refractivity (Wildman–Crippen MR) is 92.1 cm³/mol. The minimum atomic E-state index is -0.675. The van der Waals surface area contributed by atoms with Crippen LogP contribution in [0.4, 0.5) is 5.69 Å². The number of carbonyl (C=O) groups excluding carboxylic acids is 1. The van der Waals surface area contributed by atoms with Crippen molar-refractivity contribution in [2.24, 2.45) is 0 Å². The maximum Gasteiger partial charge on any atom is 0.344 e. The lowest BCUT2D eigenvalue weighted by Crippen LogP contribution is -2.10. The van der Waals surface area contributed by atoms with Gasteiger partial charge in [-0.1, -0.05) is 0 Å². The summed E-state index contributed by atoms with van der Waals surface area (Å²) < 4.78 is 10.2. The van der Waals surface area contributed by atoms with Gasteiger partial charge in [0.1, 0.15) is 5.75 Å². The highest BCUT2D eigenvalue weighted by molar-refractivity contribution is 5.91. The molecule has 0 atom stereocenters. The largest absolute Gasteiger partial charge is 0.497 e. The Morgan fingerprint density at radius 1 is 0.962 bits per heavy atom. The molecule has 130 valence electrons. The van der Waals surface area contributed by atoms with Crippen molar-refractivity contribution in [1.82, 2.24) is 10.2 Å². The second kappa shape index (κ2) is 7.39. The molecule has 3 aromatic rings. The van der Waals surface area contributed by atoms with Gasteiger partial charge in [-0.25, -0.2) is 4.79 Å². The van der Waals surface area contributed by atoms with Crippen molar-refractivity contribution in [3.63, 3.8) is 0 Å². The minimum Gasteiger partial charge on any atom is -0.497 e. The van der Waals surface area contributed by atoms with Gasteiger partial charge in [-0.3, -0.25) is 10.1 Å². The molecule has 0 aliphatic rings. The van der Waals surface area contributed by atoms with Crippen LogP contribution in [0.15, 0.2) is 60.7 Å². The Balaban J connectivity index is 1.70. The first-order valence-corrected chi connectivity index (χ1v) is 7.51. The van der Waals surface area contributed by atoms with E-state index in [1.807, 2.05) is 12.1 Å². The third kappa shape index (κ3) is 3.81. The standard InChI is InChI=1S/C18H13N3O5/c1-25-15-8-4-12(5-9-15)16-10-11-17(20-19-16)26-18(22)13-2-6-14(7-3-13)21(23)24/h2-11H,1H3. The molecule has 1 aromatic heterocycles. The maximum absolute atomic E-state index is 12.0. The number of ether oxygens (including phenoxy) is 2. The van der Waals surface area contributed by atoms with Crippen LogP contribution in [-0.4, -0.2) is 28.2 Å². The Morgan fingerprint density at radius 3 is 2.19 bits per heavy atom. The van der Waals surface area contributed by atoms with Crippen LogP contribution in [0.25, 0.3) is 11.3 Å². The van der Waals surface area contributed by atoms with E-state index in [2.05, 4.69) is 10.2 Å². The van der Waals surface area contributed by atoms with Crippen LogP contribution < -0.4 is 9.47 Å². The summed E-state index contributed by atoms with van der Waals surface area (Å²) >= 11 is 0. The fraction of sp³-hybridized carbons (Fsp3) is 0.0556. The SMILES string of the molecule is COc1ccc(-c2ccc(OC(=O)c3ccc([N+](=O)[O-])cc3)nn2)cc1. The summed E-state index contributed by atoms with van der Waals surface area (Å²) in [4.78, 5) is 22.1. The average Bonchev–Trinajstić information content (AvgIpc) is 2.68. The van der Waals surface area contributed by atoms with Crippen molar-refractivity contribution in [2.45, 2.75) is 0 Å². The number of esters is 1. The number of aromatic nitrogens is 2. The average molecular weight is 351 g/mol. The lowest BCUT2D eigenvalue weighted by molar-refractivity contribution is -0.384. The topological polar surface area (TPSA) is 104 Å². The second-order valence-corrected chi connectivity index (χ2v) is 5.18. The summed E-state index contributed by atoms with van der Waals surface area (Å²) in [5.41, 5.74) is 1.52. The fourth-order valence-corrected chi connectivity index (χ4v) is 2.16. The van der Waals surface area contributed by atoms with E-state index in [4.69, 9.17) is 9.47 Å². The van der Waals surface area contributed by atoms with E-state index in [1.165, 1.54) is 30.3 Å². The van der Waals surface area contributed by atoms with Crippen molar-refractivity contribution in [2.75, 3.05) is 7.11 Å². The Hall–Kier alpha value is -3.81. The Kier molecular flexibility index (Phi) is 4.84. The molecule has 0 N–H and O–H groups in total. The summed E-state index contributed by atoms with van der Waals surface area (Å²) in [5.74, 6) is 0.0902. The monoisotopic (exact) mass is 351 g/mol. The Bertz CT molecular complexity index is 923. The van der Waals surface area contributed by atoms with Crippen LogP contribution in [0.5, 0.6) is 11.6 Å². The van der Waals surface area contributed by atoms with Gasteiger partial charge in [0.05, 0.1) is 23.3 Å². The van der Waals surface area contributed by atoms with E-state index in [-0.39, 0.29) is 17.1 Å². The van der Waals surface area contributed by atoms with Crippen LogP contribution >= 0.6 is 0 Å². The summed E-state index contributed by atoms with van der Waals surface area (Å²) in [7, 11) is 1.59. The smallest absolute Gasteiger partial charge is 0.344 e. The van der Waals surface area contributed by atoms with Crippen molar-refractivity contribution >= 4 is 11.7 Å². The lowest BCUT2D eigenvalue weighted by atomic mass is 10.1. The molecule has 0 amide bonds. The number of non-ortho nitro benzene ring substituents is 1. The quantitative estimate of drug-likeness (QED) is 0.394. The molecule has 0 saturated carbocycles. The molecule has 0 aliphatic heterocycles. The third-order valence-electron chi connectivity index (χ3n) is 3.54. The minimum absolute atomic E-state index is 0.0330. The lowest BCUT2D eigenvalue weighted by Gasteiger charge is -2.05. The Labute approximate surface area is 148 Å². The van der Waals surface area contributed by atoms with E-state index in [0.29, 0.717) is 5.69 Å². The number of rotatable bonds is 5. The zero-order valence-electron chi connectivity index (χ0n) is 13.7. The second-order valence-electron chi connectivity index (χ2n) is 5.18. The van der Waals surface area contributed by atoms with Gasteiger partial charge < -0.3 is 9.47 Å². The number of methoxy groups -OCH3 is 1. The number of carbonyl (C=O) groups is 1. The molecule has 0 fully saturated rings. The molecular weight excluding hydrogens is 338 g/mol. The molecule has 0 radical (unpaired) electrons. The maximum atomic E-state index is 12.0. The molecule has 26 heavy (non-hydrogen) atoms. The predicted octanol–water partition coefficient (Wildman–Crippen LogP) is 3.28. The van der Waals surface area contributed by atoms with Gasteiger partial charge in [-0.05, 0) is 42.5 Å². The van der Waals surface area contributed by atoms with Gasteiger partial charge in [0.15, 0.2) is 0 Å². The van der Waals surface area contributed by atoms with E-state index in [1.54, 1.807) is 25.3 Å². The molecule has 8 nitrogen and oxygen atoms in total. The van der Waals surface area contributed by atoms with Crippen molar-refractivity contribution in [1.29, 1.82) is 0 Å².